The maximum absolute atomic E-state index is 5.62. The van der Waals surface area contributed by atoms with Gasteiger partial charge < -0.3 is 14.8 Å². The van der Waals surface area contributed by atoms with Gasteiger partial charge >= 0.3 is 0 Å². The van der Waals surface area contributed by atoms with E-state index >= 15 is 0 Å². The van der Waals surface area contributed by atoms with E-state index in [1.54, 1.807) is 7.11 Å². The second-order valence-corrected chi connectivity index (χ2v) is 4.85. The summed E-state index contributed by atoms with van der Waals surface area (Å²) in [6.45, 7) is 8.34. The second-order valence-electron chi connectivity index (χ2n) is 4.85. The van der Waals surface area contributed by atoms with Crippen molar-refractivity contribution in [3.8, 4) is 0 Å². The Hall–Kier alpha value is -1.13. The SMILES string of the molecule is CCNc1ccc(COCCC(C)(C)OC)cn1. The molecule has 0 aromatic carbocycles. The molecule has 0 amide bonds. The zero-order chi connectivity index (χ0) is 13.4. The van der Waals surface area contributed by atoms with Crippen LogP contribution < -0.4 is 5.32 Å². The molecule has 0 atom stereocenters. The number of pyridine rings is 1. The highest BCUT2D eigenvalue weighted by Crippen LogP contribution is 2.13. The first-order valence-corrected chi connectivity index (χ1v) is 6.39. The van der Waals surface area contributed by atoms with Crippen molar-refractivity contribution in [2.24, 2.45) is 0 Å². The van der Waals surface area contributed by atoms with Gasteiger partial charge in [0.25, 0.3) is 0 Å². The molecule has 0 aliphatic heterocycles. The van der Waals surface area contributed by atoms with Gasteiger partial charge in [0.15, 0.2) is 0 Å². The Balaban J connectivity index is 2.27. The average molecular weight is 252 g/mol. The average Bonchev–Trinajstić information content (AvgIpc) is 2.37. The molecule has 1 N–H and O–H groups in total. The summed E-state index contributed by atoms with van der Waals surface area (Å²) in [5, 5.41) is 3.16. The number of rotatable bonds is 8. The zero-order valence-corrected chi connectivity index (χ0v) is 11.8. The monoisotopic (exact) mass is 252 g/mol. The first-order valence-electron chi connectivity index (χ1n) is 6.39. The highest BCUT2D eigenvalue weighted by Gasteiger charge is 2.15. The Labute approximate surface area is 110 Å². The first-order chi connectivity index (χ1) is 8.57. The third kappa shape index (κ3) is 5.47. The van der Waals surface area contributed by atoms with E-state index in [4.69, 9.17) is 9.47 Å². The molecule has 1 aromatic heterocycles. The van der Waals surface area contributed by atoms with Crippen LogP contribution in [0.3, 0.4) is 0 Å². The molecule has 1 heterocycles. The smallest absolute Gasteiger partial charge is 0.125 e. The fourth-order valence-electron chi connectivity index (χ4n) is 1.41. The summed E-state index contributed by atoms with van der Waals surface area (Å²) in [7, 11) is 1.73. The highest BCUT2D eigenvalue weighted by molar-refractivity contribution is 5.34. The summed E-state index contributed by atoms with van der Waals surface area (Å²) in [4.78, 5) is 4.30. The lowest BCUT2D eigenvalue weighted by Crippen LogP contribution is -2.24. The highest BCUT2D eigenvalue weighted by atomic mass is 16.5. The maximum Gasteiger partial charge on any atom is 0.125 e. The minimum atomic E-state index is -0.118. The van der Waals surface area contributed by atoms with Gasteiger partial charge in [0.05, 0.1) is 12.2 Å². The van der Waals surface area contributed by atoms with E-state index in [0.717, 1.165) is 24.3 Å². The van der Waals surface area contributed by atoms with Gasteiger partial charge in [-0.2, -0.15) is 0 Å². The molecular weight excluding hydrogens is 228 g/mol. The standard InChI is InChI=1S/C14H24N2O2/c1-5-15-13-7-6-12(10-16-13)11-18-9-8-14(2,3)17-4/h6-7,10H,5,8-9,11H2,1-4H3,(H,15,16). The minimum absolute atomic E-state index is 0.118. The van der Waals surface area contributed by atoms with E-state index in [2.05, 4.69) is 31.1 Å². The van der Waals surface area contributed by atoms with Crippen LogP contribution in [0, 0.1) is 0 Å². The van der Waals surface area contributed by atoms with Crippen LogP contribution in [0.1, 0.15) is 32.8 Å². The first kappa shape index (κ1) is 14.9. The van der Waals surface area contributed by atoms with Crippen molar-refractivity contribution in [1.29, 1.82) is 0 Å². The van der Waals surface area contributed by atoms with E-state index in [-0.39, 0.29) is 5.60 Å². The molecule has 0 aliphatic rings. The van der Waals surface area contributed by atoms with E-state index in [9.17, 15) is 0 Å². The van der Waals surface area contributed by atoms with Crippen LogP contribution in [-0.2, 0) is 16.1 Å². The van der Waals surface area contributed by atoms with E-state index in [0.29, 0.717) is 13.2 Å². The zero-order valence-electron chi connectivity index (χ0n) is 11.8. The molecule has 1 aromatic rings. The predicted molar refractivity (Wildman–Crippen MR) is 73.8 cm³/mol. The molecule has 1 rings (SSSR count). The van der Waals surface area contributed by atoms with E-state index in [1.165, 1.54) is 0 Å². The molecule has 0 fully saturated rings. The largest absolute Gasteiger partial charge is 0.379 e. The van der Waals surface area contributed by atoms with Crippen molar-refractivity contribution in [2.45, 2.75) is 39.4 Å². The number of hydrogen-bond acceptors (Lipinski definition) is 4. The Bertz CT molecular complexity index is 336. The van der Waals surface area contributed by atoms with Gasteiger partial charge in [-0.25, -0.2) is 4.98 Å². The third-order valence-electron chi connectivity index (χ3n) is 2.85. The van der Waals surface area contributed by atoms with Crippen molar-refractivity contribution in [3.05, 3.63) is 23.9 Å². The van der Waals surface area contributed by atoms with Gasteiger partial charge in [0.2, 0.25) is 0 Å². The molecule has 0 radical (unpaired) electrons. The number of nitrogens with one attached hydrogen (secondary N) is 1. The molecular formula is C14H24N2O2. The Morgan fingerprint density at radius 2 is 2.11 bits per heavy atom. The van der Waals surface area contributed by atoms with Crippen LogP contribution in [-0.4, -0.2) is 30.8 Å². The number of anilines is 1. The van der Waals surface area contributed by atoms with Crippen molar-refractivity contribution < 1.29 is 9.47 Å². The molecule has 0 bridgehead atoms. The minimum Gasteiger partial charge on any atom is -0.379 e. The van der Waals surface area contributed by atoms with Gasteiger partial charge in [0, 0.05) is 26.5 Å². The molecule has 0 spiro atoms. The summed E-state index contributed by atoms with van der Waals surface area (Å²) in [5.74, 6) is 0.904. The molecule has 18 heavy (non-hydrogen) atoms. The Morgan fingerprint density at radius 1 is 1.33 bits per heavy atom. The summed E-state index contributed by atoms with van der Waals surface area (Å²) in [6, 6.07) is 4.01. The van der Waals surface area contributed by atoms with Crippen LogP contribution in [0.25, 0.3) is 0 Å². The van der Waals surface area contributed by atoms with E-state index < -0.39 is 0 Å². The number of hydrogen-bond donors (Lipinski definition) is 1. The maximum atomic E-state index is 5.62. The van der Waals surface area contributed by atoms with Crippen LogP contribution in [0.4, 0.5) is 5.82 Å². The molecule has 0 saturated heterocycles. The molecule has 4 heteroatoms. The van der Waals surface area contributed by atoms with Gasteiger partial charge in [-0.1, -0.05) is 6.07 Å². The Kier molecular flexibility index (Phi) is 6.09. The normalized spacial score (nSPS) is 11.6. The molecule has 0 saturated carbocycles. The number of ether oxygens (including phenoxy) is 2. The summed E-state index contributed by atoms with van der Waals surface area (Å²) >= 11 is 0. The predicted octanol–water partition coefficient (Wildman–Crippen LogP) is 2.85. The summed E-state index contributed by atoms with van der Waals surface area (Å²) < 4.78 is 10.9. The number of methoxy groups -OCH3 is 1. The quantitative estimate of drug-likeness (QED) is 0.722. The van der Waals surface area contributed by atoms with Crippen molar-refractivity contribution >= 4 is 5.82 Å². The summed E-state index contributed by atoms with van der Waals surface area (Å²) in [6.07, 6.45) is 2.73. The lowest BCUT2D eigenvalue weighted by Gasteiger charge is -2.22. The van der Waals surface area contributed by atoms with Crippen LogP contribution >= 0.6 is 0 Å². The van der Waals surface area contributed by atoms with E-state index in [1.807, 2.05) is 18.3 Å². The van der Waals surface area contributed by atoms with Gasteiger partial charge in [-0.15, -0.1) is 0 Å². The number of nitrogens with zero attached hydrogens (tertiary/aromatic N) is 1. The van der Waals surface area contributed by atoms with Gasteiger partial charge in [-0.3, -0.25) is 0 Å². The fourth-order valence-corrected chi connectivity index (χ4v) is 1.41. The van der Waals surface area contributed by atoms with Crippen LogP contribution in [0.15, 0.2) is 18.3 Å². The van der Waals surface area contributed by atoms with Crippen molar-refractivity contribution in [2.75, 3.05) is 25.6 Å². The summed E-state index contributed by atoms with van der Waals surface area (Å²) in [5.41, 5.74) is 0.972. The van der Waals surface area contributed by atoms with Gasteiger partial charge in [-0.05, 0) is 38.8 Å². The van der Waals surface area contributed by atoms with Crippen LogP contribution in [0.5, 0.6) is 0 Å². The fraction of sp³-hybridized carbons (Fsp3) is 0.643. The number of aromatic nitrogens is 1. The topological polar surface area (TPSA) is 43.4 Å². The third-order valence-corrected chi connectivity index (χ3v) is 2.85. The van der Waals surface area contributed by atoms with Crippen molar-refractivity contribution in [3.63, 3.8) is 0 Å². The van der Waals surface area contributed by atoms with Crippen LogP contribution in [0.2, 0.25) is 0 Å². The molecule has 4 nitrogen and oxygen atoms in total. The Morgan fingerprint density at radius 3 is 2.67 bits per heavy atom. The molecule has 0 aliphatic carbocycles. The molecule has 102 valence electrons. The molecule has 0 unspecified atom stereocenters. The second kappa shape index (κ2) is 7.34. The lowest BCUT2D eigenvalue weighted by molar-refractivity contribution is -0.0124. The van der Waals surface area contributed by atoms with Crippen molar-refractivity contribution in [1.82, 2.24) is 4.98 Å². The van der Waals surface area contributed by atoms with Gasteiger partial charge in [0.1, 0.15) is 5.82 Å². The lowest BCUT2D eigenvalue weighted by atomic mass is 10.1.